The molecule has 0 saturated carbocycles. The van der Waals surface area contributed by atoms with E-state index in [1.54, 1.807) is 12.4 Å². The summed E-state index contributed by atoms with van der Waals surface area (Å²) in [7, 11) is 0. The van der Waals surface area contributed by atoms with Gasteiger partial charge in [-0.1, -0.05) is 0 Å². The molecule has 21 heavy (non-hydrogen) atoms. The first-order valence-electron chi connectivity index (χ1n) is 6.41. The SMILES string of the molecule is O=c1cc(-c2cc3cccn3cn2)oc2cc(O)ccc12. The van der Waals surface area contributed by atoms with Crippen molar-refractivity contribution >= 4 is 16.5 Å². The predicted molar refractivity (Wildman–Crippen MR) is 78.3 cm³/mol. The molecule has 0 saturated heterocycles. The van der Waals surface area contributed by atoms with Crippen LogP contribution in [0, 0.1) is 0 Å². The summed E-state index contributed by atoms with van der Waals surface area (Å²) >= 11 is 0. The molecule has 1 aromatic carbocycles. The van der Waals surface area contributed by atoms with E-state index in [0.29, 0.717) is 22.4 Å². The van der Waals surface area contributed by atoms with Crippen LogP contribution in [0.5, 0.6) is 5.75 Å². The lowest BCUT2D eigenvalue weighted by atomic mass is 10.2. The zero-order chi connectivity index (χ0) is 14.4. The van der Waals surface area contributed by atoms with Crippen LogP contribution in [0.1, 0.15) is 0 Å². The molecule has 0 amide bonds. The first-order valence-corrected chi connectivity index (χ1v) is 6.41. The summed E-state index contributed by atoms with van der Waals surface area (Å²) in [5, 5.41) is 9.95. The maximum absolute atomic E-state index is 12.1. The highest BCUT2D eigenvalue weighted by molar-refractivity contribution is 5.79. The van der Waals surface area contributed by atoms with Crippen molar-refractivity contribution in [3.8, 4) is 17.2 Å². The Kier molecular flexibility index (Phi) is 2.35. The highest BCUT2D eigenvalue weighted by atomic mass is 16.3. The van der Waals surface area contributed by atoms with Gasteiger partial charge in [0.25, 0.3) is 0 Å². The van der Waals surface area contributed by atoms with Crippen LogP contribution >= 0.6 is 0 Å². The lowest BCUT2D eigenvalue weighted by Gasteiger charge is -2.04. The summed E-state index contributed by atoms with van der Waals surface area (Å²) in [5.41, 5.74) is 1.71. The van der Waals surface area contributed by atoms with Crippen molar-refractivity contribution in [2.75, 3.05) is 0 Å². The molecule has 0 radical (unpaired) electrons. The number of benzene rings is 1. The fourth-order valence-corrected chi connectivity index (χ4v) is 2.34. The minimum Gasteiger partial charge on any atom is -0.508 e. The minimum absolute atomic E-state index is 0.0535. The van der Waals surface area contributed by atoms with Crippen LogP contribution in [0.25, 0.3) is 27.9 Å². The van der Waals surface area contributed by atoms with Crippen molar-refractivity contribution in [2.45, 2.75) is 0 Å². The summed E-state index contributed by atoms with van der Waals surface area (Å²) in [4.78, 5) is 16.4. The molecule has 0 aliphatic carbocycles. The zero-order valence-electron chi connectivity index (χ0n) is 10.9. The van der Waals surface area contributed by atoms with Gasteiger partial charge in [-0.2, -0.15) is 0 Å². The summed E-state index contributed by atoms with van der Waals surface area (Å²) in [5.74, 6) is 0.430. The van der Waals surface area contributed by atoms with E-state index in [0.717, 1.165) is 5.52 Å². The van der Waals surface area contributed by atoms with Crippen molar-refractivity contribution in [3.63, 3.8) is 0 Å². The molecule has 0 aliphatic heterocycles. The maximum Gasteiger partial charge on any atom is 0.193 e. The molecule has 4 aromatic rings. The molecule has 0 unspecified atom stereocenters. The summed E-state index contributed by atoms with van der Waals surface area (Å²) in [6.45, 7) is 0. The Bertz CT molecular complexity index is 1030. The minimum atomic E-state index is -0.164. The highest BCUT2D eigenvalue weighted by Gasteiger charge is 2.09. The Morgan fingerprint density at radius 3 is 2.95 bits per heavy atom. The Morgan fingerprint density at radius 2 is 2.05 bits per heavy atom. The molecule has 0 spiro atoms. The van der Waals surface area contributed by atoms with Crippen LogP contribution < -0.4 is 5.43 Å². The van der Waals surface area contributed by atoms with E-state index in [4.69, 9.17) is 4.42 Å². The first-order chi connectivity index (χ1) is 10.2. The average molecular weight is 278 g/mol. The molecule has 4 rings (SSSR count). The van der Waals surface area contributed by atoms with Crippen LogP contribution in [0.15, 0.2) is 64.2 Å². The second-order valence-electron chi connectivity index (χ2n) is 4.77. The molecular formula is C16H10N2O3. The third-order valence-electron chi connectivity index (χ3n) is 3.38. The zero-order valence-corrected chi connectivity index (χ0v) is 10.9. The van der Waals surface area contributed by atoms with Gasteiger partial charge in [0.05, 0.1) is 11.7 Å². The van der Waals surface area contributed by atoms with Gasteiger partial charge in [-0.15, -0.1) is 0 Å². The number of fused-ring (bicyclic) bond motifs is 2. The number of aromatic hydroxyl groups is 1. The lowest BCUT2D eigenvalue weighted by Crippen LogP contribution is -2.01. The third kappa shape index (κ3) is 1.87. The summed E-state index contributed by atoms with van der Waals surface area (Å²) in [6, 6.07) is 11.5. The standard InChI is InChI=1S/C16H10N2O3/c19-11-3-4-12-14(20)8-16(21-15(12)7-11)13-6-10-2-1-5-18(10)9-17-13/h1-9,19H. The van der Waals surface area contributed by atoms with E-state index >= 15 is 0 Å². The van der Waals surface area contributed by atoms with Gasteiger partial charge in [-0.05, 0) is 30.3 Å². The number of hydrogen-bond donors (Lipinski definition) is 1. The van der Waals surface area contributed by atoms with Gasteiger partial charge < -0.3 is 13.9 Å². The van der Waals surface area contributed by atoms with Gasteiger partial charge in [0.1, 0.15) is 17.0 Å². The van der Waals surface area contributed by atoms with Crippen molar-refractivity contribution in [1.82, 2.24) is 9.38 Å². The number of nitrogens with zero attached hydrogens (tertiary/aromatic N) is 2. The molecule has 1 N–H and O–H groups in total. The highest BCUT2D eigenvalue weighted by Crippen LogP contribution is 2.23. The second-order valence-corrected chi connectivity index (χ2v) is 4.77. The summed E-state index contributed by atoms with van der Waals surface area (Å²) < 4.78 is 7.57. The smallest absolute Gasteiger partial charge is 0.193 e. The third-order valence-corrected chi connectivity index (χ3v) is 3.38. The Hall–Kier alpha value is -3.08. The molecule has 5 heteroatoms. The van der Waals surface area contributed by atoms with E-state index < -0.39 is 0 Å². The molecule has 0 aliphatic rings. The Balaban J connectivity index is 1.98. The van der Waals surface area contributed by atoms with E-state index in [2.05, 4.69) is 4.98 Å². The normalized spacial score (nSPS) is 11.2. The van der Waals surface area contributed by atoms with Gasteiger partial charge >= 0.3 is 0 Å². The van der Waals surface area contributed by atoms with E-state index in [-0.39, 0.29) is 11.2 Å². The van der Waals surface area contributed by atoms with Crippen LogP contribution in [0.2, 0.25) is 0 Å². The van der Waals surface area contributed by atoms with Crippen LogP contribution in [-0.4, -0.2) is 14.5 Å². The number of phenols is 1. The van der Waals surface area contributed by atoms with Crippen molar-refractivity contribution < 1.29 is 9.52 Å². The van der Waals surface area contributed by atoms with E-state index in [1.807, 2.05) is 28.8 Å². The molecule has 3 aromatic heterocycles. The molecule has 3 heterocycles. The van der Waals surface area contributed by atoms with Crippen molar-refractivity contribution in [2.24, 2.45) is 0 Å². The molecule has 0 bridgehead atoms. The van der Waals surface area contributed by atoms with Gasteiger partial charge in [0.15, 0.2) is 11.2 Å². The van der Waals surface area contributed by atoms with E-state index in [9.17, 15) is 9.90 Å². The number of rotatable bonds is 1. The van der Waals surface area contributed by atoms with Crippen LogP contribution in [-0.2, 0) is 0 Å². The monoisotopic (exact) mass is 278 g/mol. The molecule has 0 fully saturated rings. The van der Waals surface area contributed by atoms with Crippen molar-refractivity contribution in [3.05, 3.63) is 65.2 Å². The quantitative estimate of drug-likeness (QED) is 0.581. The molecular weight excluding hydrogens is 268 g/mol. The fraction of sp³-hybridized carbons (Fsp3) is 0. The van der Waals surface area contributed by atoms with Gasteiger partial charge in [0, 0.05) is 23.8 Å². The average Bonchev–Trinajstić information content (AvgIpc) is 2.94. The maximum atomic E-state index is 12.1. The lowest BCUT2D eigenvalue weighted by molar-refractivity contribution is 0.474. The van der Waals surface area contributed by atoms with Gasteiger partial charge in [0.2, 0.25) is 0 Å². The Labute approximate surface area is 118 Å². The first kappa shape index (κ1) is 11.7. The number of aromatic nitrogens is 2. The predicted octanol–water partition coefficient (Wildman–Crippen LogP) is 2.81. The van der Waals surface area contributed by atoms with Crippen molar-refractivity contribution in [1.29, 1.82) is 0 Å². The number of hydrogen-bond acceptors (Lipinski definition) is 4. The topological polar surface area (TPSA) is 67.7 Å². The second kappa shape index (κ2) is 4.21. The number of phenolic OH excluding ortho intramolecular Hbond substituents is 1. The van der Waals surface area contributed by atoms with Gasteiger partial charge in [-0.25, -0.2) is 4.98 Å². The molecule has 5 nitrogen and oxygen atoms in total. The van der Waals surface area contributed by atoms with E-state index in [1.165, 1.54) is 18.2 Å². The fourth-order valence-electron chi connectivity index (χ4n) is 2.34. The summed E-state index contributed by atoms with van der Waals surface area (Å²) in [6.07, 6.45) is 3.55. The molecule has 0 atom stereocenters. The Morgan fingerprint density at radius 1 is 1.14 bits per heavy atom. The van der Waals surface area contributed by atoms with Gasteiger partial charge in [-0.3, -0.25) is 4.79 Å². The van der Waals surface area contributed by atoms with Crippen LogP contribution in [0.3, 0.4) is 0 Å². The molecule has 102 valence electrons. The van der Waals surface area contributed by atoms with Crippen LogP contribution in [0.4, 0.5) is 0 Å². The largest absolute Gasteiger partial charge is 0.508 e.